The van der Waals surface area contributed by atoms with E-state index in [1.165, 1.54) is 0 Å². The molecule has 0 aliphatic heterocycles. The van der Waals surface area contributed by atoms with Gasteiger partial charge in [0.2, 0.25) is 5.91 Å². The summed E-state index contributed by atoms with van der Waals surface area (Å²) in [6.45, 7) is 2.75. The van der Waals surface area contributed by atoms with E-state index in [2.05, 4.69) is 12.0 Å². The molecule has 0 aromatic heterocycles. The first-order chi connectivity index (χ1) is 6.70. The highest BCUT2D eigenvalue weighted by molar-refractivity contribution is 5.86. The van der Waals surface area contributed by atoms with Gasteiger partial charge in [0.05, 0.1) is 12.6 Å². The molecule has 1 aliphatic rings. The van der Waals surface area contributed by atoms with E-state index in [4.69, 9.17) is 11.7 Å². The highest BCUT2D eigenvalue weighted by Gasteiger charge is 2.46. The molecule has 0 aromatic rings. The number of carbonyl (C=O) groups is 1. The van der Waals surface area contributed by atoms with Crippen molar-refractivity contribution in [1.82, 2.24) is 4.90 Å². The largest absolute Gasteiger partial charge is 0.330 e. The lowest BCUT2D eigenvalue weighted by Crippen LogP contribution is -2.47. The molecule has 0 unspecified atom stereocenters. The number of hydrogen-bond donors (Lipinski definition) is 0. The average Bonchev–Trinajstić information content (AvgIpc) is 2.13. The molecule has 0 radical (unpaired) electrons. The molecule has 0 atom stereocenters. The van der Waals surface area contributed by atoms with E-state index in [0.29, 0.717) is 25.9 Å². The standard InChI is InChI=1S/C11H14N2O/c1-3-8-13(4-2)10(14)11(9-12)6-5-7-11/h1H,4-8H2,2H3. The second-order valence-corrected chi connectivity index (χ2v) is 3.57. The second-order valence-electron chi connectivity index (χ2n) is 3.57. The van der Waals surface area contributed by atoms with Crippen LogP contribution in [0.25, 0.3) is 0 Å². The lowest BCUT2D eigenvalue weighted by atomic mass is 9.69. The van der Waals surface area contributed by atoms with Crippen LogP contribution in [0.2, 0.25) is 0 Å². The van der Waals surface area contributed by atoms with Gasteiger partial charge in [0.15, 0.2) is 0 Å². The summed E-state index contributed by atoms with van der Waals surface area (Å²) < 4.78 is 0. The third-order valence-electron chi connectivity index (χ3n) is 2.78. The fourth-order valence-electron chi connectivity index (χ4n) is 1.64. The Balaban J connectivity index is 2.73. The molecule has 0 aromatic carbocycles. The van der Waals surface area contributed by atoms with Crippen molar-refractivity contribution in [2.45, 2.75) is 26.2 Å². The van der Waals surface area contributed by atoms with Crippen LogP contribution in [0, 0.1) is 29.1 Å². The van der Waals surface area contributed by atoms with Crippen LogP contribution in [-0.4, -0.2) is 23.9 Å². The van der Waals surface area contributed by atoms with Crippen molar-refractivity contribution < 1.29 is 4.79 Å². The number of nitriles is 1. The zero-order valence-corrected chi connectivity index (χ0v) is 8.42. The van der Waals surface area contributed by atoms with Crippen molar-refractivity contribution in [3.05, 3.63) is 0 Å². The number of carbonyl (C=O) groups excluding carboxylic acids is 1. The summed E-state index contributed by atoms with van der Waals surface area (Å²) >= 11 is 0. The Labute approximate surface area is 84.7 Å². The van der Waals surface area contributed by atoms with E-state index in [0.717, 1.165) is 6.42 Å². The molecule has 1 saturated carbocycles. The van der Waals surface area contributed by atoms with Gasteiger partial charge < -0.3 is 4.90 Å². The summed E-state index contributed by atoms with van der Waals surface area (Å²) in [4.78, 5) is 13.5. The lowest BCUT2D eigenvalue weighted by molar-refractivity contribution is -0.142. The minimum atomic E-state index is -0.757. The van der Waals surface area contributed by atoms with Crippen molar-refractivity contribution in [1.29, 1.82) is 5.26 Å². The summed E-state index contributed by atoms with van der Waals surface area (Å²) in [6.07, 6.45) is 7.49. The Kier molecular flexibility index (Phi) is 3.14. The Bertz CT molecular complexity index is 304. The Morgan fingerprint density at radius 1 is 1.64 bits per heavy atom. The predicted octanol–water partition coefficient (Wildman–Crippen LogP) is 1.16. The SMILES string of the molecule is C#CCN(CC)C(=O)C1(C#N)CCC1. The quantitative estimate of drug-likeness (QED) is 0.627. The van der Waals surface area contributed by atoms with Crippen molar-refractivity contribution in [2.75, 3.05) is 13.1 Å². The van der Waals surface area contributed by atoms with Crippen LogP contribution in [0.15, 0.2) is 0 Å². The van der Waals surface area contributed by atoms with Gasteiger partial charge in [-0.2, -0.15) is 5.26 Å². The normalized spacial score (nSPS) is 17.4. The van der Waals surface area contributed by atoms with Gasteiger partial charge in [-0.05, 0) is 26.2 Å². The number of hydrogen-bond acceptors (Lipinski definition) is 2. The van der Waals surface area contributed by atoms with Crippen LogP contribution in [-0.2, 0) is 4.79 Å². The van der Waals surface area contributed by atoms with E-state index in [-0.39, 0.29) is 5.91 Å². The van der Waals surface area contributed by atoms with E-state index in [1.54, 1.807) is 4.90 Å². The Morgan fingerprint density at radius 3 is 2.57 bits per heavy atom. The maximum Gasteiger partial charge on any atom is 0.243 e. The van der Waals surface area contributed by atoms with Crippen LogP contribution in [0.3, 0.4) is 0 Å². The molecule has 1 fully saturated rings. The Hall–Kier alpha value is -1.48. The summed E-state index contributed by atoms with van der Waals surface area (Å²) in [6, 6.07) is 2.13. The Morgan fingerprint density at radius 2 is 2.29 bits per heavy atom. The van der Waals surface area contributed by atoms with Crippen LogP contribution in [0.5, 0.6) is 0 Å². The van der Waals surface area contributed by atoms with Crippen molar-refractivity contribution in [2.24, 2.45) is 5.41 Å². The van der Waals surface area contributed by atoms with Crippen molar-refractivity contribution in [3.8, 4) is 18.4 Å². The summed E-state index contributed by atoms with van der Waals surface area (Å²) in [5, 5.41) is 8.97. The fourth-order valence-corrected chi connectivity index (χ4v) is 1.64. The van der Waals surface area contributed by atoms with Gasteiger partial charge in [-0.25, -0.2) is 0 Å². The zero-order chi connectivity index (χ0) is 10.6. The molecule has 3 nitrogen and oxygen atoms in total. The molecule has 0 spiro atoms. The lowest BCUT2D eigenvalue weighted by Gasteiger charge is -2.37. The third-order valence-corrected chi connectivity index (χ3v) is 2.78. The van der Waals surface area contributed by atoms with E-state index < -0.39 is 5.41 Å². The predicted molar refractivity (Wildman–Crippen MR) is 53.0 cm³/mol. The molecule has 0 N–H and O–H groups in total. The highest BCUT2D eigenvalue weighted by atomic mass is 16.2. The fraction of sp³-hybridized carbons (Fsp3) is 0.636. The summed E-state index contributed by atoms with van der Waals surface area (Å²) in [5.41, 5.74) is -0.757. The van der Waals surface area contributed by atoms with Gasteiger partial charge >= 0.3 is 0 Å². The van der Waals surface area contributed by atoms with Gasteiger partial charge in [-0.3, -0.25) is 4.79 Å². The maximum atomic E-state index is 11.9. The highest BCUT2D eigenvalue weighted by Crippen LogP contribution is 2.41. The molecule has 14 heavy (non-hydrogen) atoms. The first kappa shape index (κ1) is 10.6. The van der Waals surface area contributed by atoms with Crippen LogP contribution in [0.4, 0.5) is 0 Å². The number of amides is 1. The maximum absolute atomic E-state index is 11.9. The molecule has 0 saturated heterocycles. The van der Waals surface area contributed by atoms with Crippen LogP contribution in [0.1, 0.15) is 26.2 Å². The number of rotatable bonds is 3. The van der Waals surface area contributed by atoms with Crippen LogP contribution < -0.4 is 0 Å². The van der Waals surface area contributed by atoms with Crippen molar-refractivity contribution >= 4 is 5.91 Å². The molecule has 1 amide bonds. The molecular formula is C11H14N2O. The molecule has 1 rings (SSSR count). The van der Waals surface area contributed by atoms with Crippen molar-refractivity contribution in [3.63, 3.8) is 0 Å². The zero-order valence-electron chi connectivity index (χ0n) is 8.42. The van der Waals surface area contributed by atoms with E-state index in [9.17, 15) is 4.79 Å². The second kappa shape index (κ2) is 4.15. The monoisotopic (exact) mass is 190 g/mol. The van der Waals surface area contributed by atoms with Crippen LogP contribution >= 0.6 is 0 Å². The van der Waals surface area contributed by atoms with Gasteiger partial charge in [0, 0.05) is 6.54 Å². The first-order valence-electron chi connectivity index (χ1n) is 4.84. The number of terminal acetylenes is 1. The molecule has 0 bridgehead atoms. The molecule has 3 heteroatoms. The van der Waals surface area contributed by atoms with E-state index >= 15 is 0 Å². The molecule has 0 heterocycles. The molecule has 74 valence electrons. The van der Waals surface area contributed by atoms with Gasteiger partial charge in [-0.1, -0.05) is 5.92 Å². The smallest absolute Gasteiger partial charge is 0.243 e. The first-order valence-corrected chi connectivity index (χ1v) is 4.84. The minimum Gasteiger partial charge on any atom is -0.330 e. The minimum absolute atomic E-state index is 0.0910. The van der Waals surface area contributed by atoms with Gasteiger partial charge in [0.25, 0.3) is 0 Å². The topological polar surface area (TPSA) is 44.1 Å². The molecule has 1 aliphatic carbocycles. The molecular weight excluding hydrogens is 176 g/mol. The van der Waals surface area contributed by atoms with Gasteiger partial charge in [-0.15, -0.1) is 6.42 Å². The third kappa shape index (κ3) is 1.59. The van der Waals surface area contributed by atoms with E-state index in [1.807, 2.05) is 6.92 Å². The summed E-state index contributed by atoms with van der Waals surface area (Å²) in [5.74, 6) is 2.35. The van der Waals surface area contributed by atoms with Gasteiger partial charge in [0.1, 0.15) is 5.41 Å². The average molecular weight is 190 g/mol. The summed E-state index contributed by atoms with van der Waals surface area (Å²) in [7, 11) is 0. The number of nitrogens with zero attached hydrogens (tertiary/aromatic N) is 2.